The highest BCUT2D eigenvalue weighted by Gasteiger charge is 2.33. The van der Waals surface area contributed by atoms with Gasteiger partial charge < -0.3 is 4.57 Å². The lowest BCUT2D eigenvalue weighted by Crippen LogP contribution is -2.07. The van der Waals surface area contributed by atoms with Crippen molar-refractivity contribution < 1.29 is 0 Å². The highest BCUT2D eigenvalue weighted by molar-refractivity contribution is 7.71. The minimum Gasteiger partial charge on any atom is -0.336 e. The highest BCUT2D eigenvalue weighted by Crippen LogP contribution is 2.43. The van der Waals surface area contributed by atoms with Crippen LogP contribution in [-0.4, -0.2) is 4.57 Å². The molecule has 2 aromatic rings. The average Bonchev–Trinajstić information content (AvgIpc) is 3.08. The summed E-state index contributed by atoms with van der Waals surface area (Å²) < 4.78 is 3.40. The Balaban J connectivity index is 0.000000791. The molecule has 0 N–H and O–H groups in total. The summed E-state index contributed by atoms with van der Waals surface area (Å²) in [6, 6.07) is 9.44. The zero-order valence-electron chi connectivity index (χ0n) is 18.0. The molecule has 1 heterocycles. The van der Waals surface area contributed by atoms with Crippen molar-refractivity contribution in [3.05, 3.63) is 40.7 Å². The molecule has 1 aromatic heterocycles. The van der Waals surface area contributed by atoms with Crippen LogP contribution >= 0.6 is 12.2 Å². The van der Waals surface area contributed by atoms with Crippen molar-refractivity contribution in [3.8, 4) is 0 Å². The second kappa shape index (κ2) is 11.5. The summed E-state index contributed by atoms with van der Waals surface area (Å²) in [5.41, 5.74) is 1.30. The normalized spacial score (nSPS) is 21.6. The van der Waals surface area contributed by atoms with Crippen LogP contribution in [0.5, 0.6) is 0 Å². The number of nitrogens with zero attached hydrogens (tertiary/aromatic N) is 1. The smallest absolute Gasteiger partial charge is 0.114 e. The van der Waals surface area contributed by atoms with Gasteiger partial charge in [0.2, 0.25) is 0 Å². The third kappa shape index (κ3) is 5.19. The molecule has 26 heavy (non-hydrogen) atoms. The quantitative estimate of drug-likeness (QED) is 0.486. The fourth-order valence-electron chi connectivity index (χ4n) is 4.30. The summed E-state index contributed by atoms with van der Waals surface area (Å²) >= 11 is 5.81. The zero-order chi connectivity index (χ0) is 19.7. The van der Waals surface area contributed by atoms with Gasteiger partial charge in [0.05, 0.1) is 0 Å². The Morgan fingerprint density at radius 2 is 1.65 bits per heavy atom. The Morgan fingerprint density at radius 3 is 2.27 bits per heavy atom. The van der Waals surface area contributed by atoms with E-state index in [9.17, 15) is 0 Å². The maximum atomic E-state index is 5.81. The van der Waals surface area contributed by atoms with E-state index in [1.54, 1.807) is 0 Å². The Labute approximate surface area is 166 Å². The SMILES string of the molecule is CC.CC.CCCC1CC(n2ccc3cc(C)ccc3c2=S)CC1CC. The van der Waals surface area contributed by atoms with Crippen molar-refractivity contribution in [2.45, 2.75) is 86.6 Å². The van der Waals surface area contributed by atoms with E-state index in [0.29, 0.717) is 6.04 Å². The molecule has 2 heteroatoms. The maximum absolute atomic E-state index is 5.81. The molecule has 1 aliphatic carbocycles. The summed E-state index contributed by atoms with van der Waals surface area (Å²) in [5.74, 6) is 1.76. The van der Waals surface area contributed by atoms with Gasteiger partial charge in [0.25, 0.3) is 0 Å². The maximum Gasteiger partial charge on any atom is 0.114 e. The lowest BCUT2D eigenvalue weighted by atomic mass is 9.90. The van der Waals surface area contributed by atoms with Crippen LogP contribution in [0.3, 0.4) is 0 Å². The lowest BCUT2D eigenvalue weighted by molar-refractivity contribution is 0.352. The van der Waals surface area contributed by atoms with Gasteiger partial charge in [0, 0.05) is 17.6 Å². The molecule has 1 aromatic carbocycles. The number of aromatic nitrogens is 1. The molecule has 3 unspecified atom stereocenters. The molecule has 3 rings (SSSR count). The lowest BCUT2D eigenvalue weighted by Gasteiger charge is -2.17. The Hall–Kier alpha value is -1.15. The fraction of sp³-hybridized carbons (Fsp3) is 0.625. The van der Waals surface area contributed by atoms with Crippen molar-refractivity contribution in [1.82, 2.24) is 4.57 Å². The van der Waals surface area contributed by atoms with Crippen molar-refractivity contribution >= 4 is 23.0 Å². The van der Waals surface area contributed by atoms with Gasteiger partial charge in [-0.3, -0.25) is 0 Å². The number of aryl methyl sites for hydroxylation is 1. The number of pyridine rings is 1. The minimum atomic E-state index is 0.597. The van der Waals surface area contributed by atoms with Gasteiger partial charge >= 0.3 is 0 Å². The molecular formula is C24H39NS. The van der Waals surface area contributed by atoms with E-state index in [0.717, 1.165) is 16.5 Å². The molecule has 1 aliphatic rings. The van der Waals surface area contributed by atoms with Gasteiger partial charge in [-0.25, -0.2) is 0 Å². The molecule has 3 atom stereocenters. The van der Waals surface area contributed by atoms with Crippen LogP contribution in [0.25, 0.3) is 10.8 Å². The molecule has 0 spiro atoms. The van der Waals surface area contributed by atoms with Gasteiger partial charge in [-0.2, -0.15) is 0 Å². The van der Waals surface area contributed by atoms with Crippen molar-refractivity contribution in [2.24, 2.45) is 11.8 Å². The van der Waals surface area contributed by atoms with Crippen molar-refractivity contribution in [3.63, 3.8) is 0 Å². The van der Waals surface area contributed by atoms with Crippen molar-refractivity contribution in [1.29, 1.82) is 0 Å². The number of benzene rings is 1. The molecule has 1 fully saturated rings. The third-order valence-electron chi connectivity index (χ3n) is 5.48. The van der Waals surface area contributed by atoms with E-state index in [1.807, 2.05) is 27.7 Å². The number of rotatable bonds is 4. The van der Waals surface area contributed by atoms with E-state index in [-0.39, 0.29) is 0 Å². The van der Waals surface area contributed by atoms with E-state index >= 15 is 0 Å². The van der Waals surface area contributed by atoms with E-state index in [2.05, 4.69) is 55.8 Å². The molecule has 1 nitrogen and oxygen atoms in total. The van der Waals surface area contributed by atoms with E-state index < -0.39 is 0 Å². The predicted molar refractivity (Wildman–Crippen MR) is 121 cm³/mol. The summed E-state index contributed by atoms with van der Waals surface area (Å²) in [7, 11) is 0. The first-order chi connectivity index (χ1) is 12.6. The van der Waals surface area contributed by atoms with Gasteiger partial charge in [-0.05, 0) is 43.1 Å². The Bertz CT molecular complexity index is 716. The number of fused-ring (bicyclic) bond motifs is 1. The molecule has 1 saturated carbocycles. The standard InChI is InChI=1S/C20H27NS.2C2H6/c1-4-6-16-13-18(12-15(16)5-2)21-10-9-17-11-14(3)7-8-19(17)20(21)22;2*1-2/h7-11,15-16,18H,4-6,12-13H2,1-3H3;2*1-2H3. The summed E-state index contributed by atoms with van der Waals surface area (Å²) in [6.07, 6.45) is 8.81. The van der Waals surface area contributed by atoms with E-state index in [1.165, 1.54) is 48.4 Å². The molecule has 0 saturated heterocycles. The number of hydrogen-bond donors (Lipinski definition) is 0. The van der Waals surface area contributed by atoms with Crippen LogP contribution in [0.15, 0.2) is 30.5 Å². The molecule has 0 radical (unpaired) electrons. The first kappa shape index (κ1) is 22.9. The van der Waals surface area contributed by atoms with Crippen LogP contribution in [-0.2, 0) is 0 Å². The summed E-state index contributed by atoms with van der Waals surface area (Å²) in [6.45, 7) is 14.8. The molecule has 0 aliphatic heterocycles. The van der Waals surface area contributed by atoms with Crippen LogP contribution in [0, 0.1) is 23.4 Å². The summed E-state index contributed by atoms with van der Waals surface area (Å²) in [4.78, 5) is 0. The van der Waals surface area contributed by atoms with Crippen LogP contribution in [0.2, 0.25) is 0 Å². The fourth-order valence-corrected chi connectivity index (χ4v) is 4.70. The first-order valence-corrected chi connectivity index (χ1v) is 11.2. The summed E-state index contributed by atoms with van der Waals surface area (Å²) in [5, 5.41) is 2.51. The van der Waals surface area contributed by atoms with Gasteiger partial charge in [-0.1, -0.05) is 96.8 Å². The van der Waals surface area contributed by atoms with E-state index in [4.69, 9.17) is 12.2 Å². The monoisotopic (exact) mass is 373 g/mol. The molecule has 0 amide bonds. The van der Waals surface area contributed by atoms with Crippen LogP contribution < -0.4 is 0 Å². The van der Waals surface area contributed by atoms with Gasteiger partial charge in [0.15, 0.2) is 0 Å². The highest BCUT2D eigenvalue weighted by atomic mass is 32.1. The average molecular weight is 374 g/mol. The molecule has 0 bridgehead atoms. The Morgan fingerprint density at radius 1 is 1.00 bits per heavy atom. The second-order valence-corrected chi connectivity index (χ2v) is 7.35. The minimum absolute atomic E-state index is 0.597. The third-order valence-corrected chi connectivity index (χ3v) is 5.91. The Kier molecular flexibility index (Phi) is 10.2. The second-order valence-electron chi connectivity index (χ2n) is 6.96. The van der Waals surface area contributed by atoms with Gasteiger partial charge in [0.1, 0.15) is 4.64 Å². The van der Waals surface area contributed by atoms with Gasteiger partial charge in [-0.15, -0.1) is 0 Å². The molecular weight excluding hydrogens is 334 g/mol. The number of hydrogen-bond acceptors (Lipinski definition) is 1. The zero-order valence-corrected chi connectivity index (χ0v) is 18.8. The van der Waals surface area contributed by atoms with Crippen molar-refractivity contribution in [2.75, 3.05) is 0 Å². The predicted octanol–water partition coefficient (Wildman–Crippen LogP) is 8.51. The first-order valence-electron chi connectivity index (χ1n) is 10.8. The topological polar surface area (TPSA) is 4.93 Å². The van der Waals surface area contributed by atoms with Crippen LogP contribution in [0.4, 0.5) is 0 Å². The molecule has 146 valence electrons. The largest absolute Gasteiger partial charge is 0.336 e. The van der Waals surface area contributed by atoms with Crippen LogP contribution in [0.1, 0.15) is 85.3 Å².